The highest BCUT2D eigenvalue weighted by molar-refractivity contribution is 8.01. The zero-order valence-corrected chi connectivity index (χ0v) is 16.6. The molecule has 1 aliphatic heterocycles. The van der Waals surface area contributed by atoms with Crippen LogP contribution in [0.2, 0.25) is 0 Å². The van der Waals surface area contributed by atoms with Gasteiger partial charge in [-0.1, -0.05) is 26.0 Å². The SMILES string of the molecule is CC(OC(=O)CC1Sc2ccccc2NC1=O)C(=O)NC(C)(C#N)C(C)C. The molecule has 7 nitrogen and oxygen atoms in total. The number of benzene rings is 1. The number of amides is 2. The lowest BCUT2D eigenvalue weighted by atomic mass is 9.90. The zero-order chi connectivity index (χ0) is 20.2. The topological polar surface area (TPSA) is 108 Å². The Morgan fingerprint density at radius 2 is 2.04 bits per heavy atom. The second-order valence-electron chi connectivity index (χ2n) is 6.89. The quantitative estimate of drug-likeness (QED) is 0.724. The van der Waals surface area contributed by atoms with Gasteiger partial charge in [-0.2, -0.15) is 5.26 Å². The molecule has 0 bridgehead atoms. The summed E-state index contributed by atoms with van der Waals surface area (Å²) >= 11 is 1.29. The van der Waals surface area contributed by atoms with Crippen LogP contribution in [0.5, 0.6) is 0 Å². The number of nitrogens with zero attached hydrogens (tertiary/aromatic N) is 1. The Hall–Kier alpha value is -2.53. The third-order valence-corrected chi connectivity index (χ3v) is 5.78. The fourth-order valence-electron chi connectivity index (χ4n) is 2.34. The van der Waals surface area contributed by atoms with Crippen LogP contribution in [0.4, 0.5) is 5.69 Å². The second-order valence-corrected chi connectivity index (χ2v) is 8.13. The van der Waals surface area contributed by atoms with Crippen LogP contribution in [-0.4, -0.2) is 34.7 Å². The highest BCUT2D eigenvalue weighted by Gasteiger charge is 2.34. The first-order valence-corrected chi connectivity index (χ1v) is 9.53. The van der Waals surface area contributed by atoms with E-state index >= 15 is 0 Å². The molecule has 1 aromatic carbocycles. The molecule has 1 heterocycles. The van der Waals surface area contributed by atoms with E-state index in [2.05, 4.69) is 16.7 Å². The third kappa shape index (κ3) is 5.01. The van der Waals surface area contributed by atoms with Crippen LogP contribution in [0.15, 0.2) is 29.2 Å². The first-order valence-electron chi connectivity index (χ1n) is 8.65. The Balaban J connectivity index is 1.93. The lowest BCUT2D eigenvalue weighted by molar-refractivity contribution is -0.155. The molecule has 2 N–H and O–H groups in total. The van der Waals surface area contributed by atoms with Crippen molar-refractivity contribution in [2.45, 2.75) is 55.9 Å². The number of carbonyl (C=O) groups excluding carboxylic acids is 3. The molecule has 8 heteroatoms. The van der Waals surface area contributed by atoms with Gasteiger partial charge in [0.15, 0.2) is 6.10 Å². The Kier molecular flexibility index (Phi) is 6.50. The number of para-hydroxylation sites is 1. The summed E-state index contributed by atoms with van der Waals surface area (Å²) in [6, 6.07) is 9.40. The summed E-state index contributed by atoms with van der Waals surface area (Å²) in [5, 5.41) is 14.0. The summed E-state index contributed by atoms with van der Waals surface area (Å²) in [6.45, 7) is 6.69. The van der Waals surface area contributed by atoms with E-state index in [1.54, 1.807) is 13.0 Å². The van der Waals surface area contributed by atoms with Crippen molar-refractivity contribution in [2.75, 3.05) is 5.32 Å². The molecule has 0 aromatic heterocycles. The highest BCUT2D eigenvalue weighted by Crippen LogP contribution is 2.36. The van der Waals surface area contributed by atoms with Crippen LogP contribution in [0, 0.1) is 17.2 Å². The minimum atomic E-state index is -1.06. The van der Waals surface area contributed by atoms with Gasteiger partial charge in [-0.15, -0.1) is 11.8 Å². The fourth-order valence-corrected chi connectivity index (χ4v) is 3.43. The molecule has 0 fully saturated rings. The minimum absolute atomic E-state index is 0.114. The molecule has 1 aromatic rings. The van der Waals surface area contributed by atoms with Gasteiger partial charge in [0.05, 0.1) is 23.4 Å². The average molecular weight is 389 g/mol. The molecule has 144 valence electrons. The molecular formula is C19H23N3O4S. The Labute approximate surface area is 162 Å². The lowest BCUT2D eigenvalue weighted by Crippen LogP contribution is -2.52. The minimum Gasteiger partial charge on any atom is -0.453 e. The van der Waals surface area contributed by atoms with E-state index in [1.807, 2.05) is 32.0 Å². The number of ether oxygens (including phenoxy) is 1. The molecule has 0 spiro atoms. The Morgan fingerprint density at radius 3 is 2.67 bits per heavy atom. The van der Waals surface area contributed by atoms with Crippen LogP contribution in [-0.2, 0) is 19.1 Å². The number of thioether (sulfide) groups is 1. The predicted octanol–water partition coefficient (Wildman–Crippen LogP) is 2.48. The van der Waals surface area contributed by atoms with Gasteiger partial charge in [-0.3, -0.25) is 14.4 Å². The number of nitriles is 1. The van der Waals surface area contributed by atoms with E-state index in [9.17, 15) is 19.6 Å². The molecule has 3 unspecified atom stereocenters. The van der Waals surface area contributed by atoms with E-state index in [-0.39, 0.29) is 18.2 Å². The van der Waals surface area contributed by atoms with Gasteiger partial charge < -0.3 is 15.4 Å². The molecule has 0 aliphatic carbocycles. The Bertz CT molecular complexity index is 789. The molecular weight excluding hydrogens is 366 g/mol. The van der Waals surface area contributed by atoms with Crippen molar-refractivity contribution in [3.8, 4) is 6.07 Å². The van der Waals surface area contributed by atoms with E-state index in [0.29, 0.717) is 5.69 Å². The van der Waals surface area contributed by atoms with E-state index < -0.39 is 28.8 Å². The van der Waals surface area contributed by atoms with Crippen LogP contribution in [0.1, 0.15) is 34.1 Å². The molecule has 1 aliphatic rings. The van der Waals surface area contributed by atoms with Crippen LogP contribution in [0.3, 0.4) is 0 Å². The van der Waals surface area contributed by atoms with Crippen molar-refractivity contribution < 1.29 is 19.1 Å². The van der Waals surface area contributed by atoms with E-state index in [0.717, 1.165) is 4.90 Å². The van der Waals surface area contributed by atoms with Crippen LogP contribution >= 0.6 is 11.8 Å². The average Bonchev–Trinajstić information content (AvgIpc) is 2.61. The number of anilines is 1. The molecule has 27 heavy (non-hydrogen) atoms. The van der Waals surface area contributed by atoms with Gasteiger partial charge in [-0.05, 0) is 31.9 Å². The Morgan fingerprint density at radius 1 is 1.37 bits per heavy atom. The maximum atomic E-state index is 12.3. The van der Waals surface area contributed by atoms with Gasteiger partial charge in [-0.25, -0.2) is 0 Å². The molecule has 3 atom stereocenters. The molecule has 0 radical (unpaired) electrons. The maximum absolute atomic E-state index is 12.3. The number of nitrogens with one attached hydrogen (secondary N) is 2. The van der Waals surface area contributed by atoms with E-state index in [1.165, 1.54) is 18.7 Å². The first kappa shape index (κ1) is 20.8. The van der Waals surface area contributed by atoms with Crippen molar-refractivity contribution in [3.63, 3.8) is 0 Å². The van der Waals surface area contributed by atoms with Crippen molar-refractivity contribution in [3.05, 3.63) is 24.3 Å². The van der Waals surface area contributed by atoms with Crippen LogP contribution < -0.4 is 10.6 Å². The van der Waals surface area contributed by atoms with Gasteiger partial charge in [0.1, 0.15) is 5.54 Å². The van der Waals surface area contributed by atoms with Crippen molar-refractivity contribution in [2.24, 2.45) is 5.92 Å². The van der Waals surface area contributed by atoms with Crippen molar-refractivity contribution >= 4 is 35.2 Å². The molecule has 0 saturated heterocycles. The fraction of sp³-hybridized carbons (Fsp3) is 0.474. The predicted molar refractivity (Wildman–Crippen MR) is 102 cm³/mol. The summed E-state index contributed by atoms with van der Waals surface area (Å²) in [7, 11) is 0. The summed E-state index contributed by atoms with van der Waals surface area (Å²) in [5.41, 5.74) is -0.338. The number of rotatable bonds is 6. The highest BCUT2D eigenvalue weighted by atomic mass is 32.2. The molecule has 2 rings (SSSR count). The van der Waals surface area contributed by atoms with Crippen molar-refractivity contribution in [1.29, 1.82) is 5.26 Å². The number of hydrogen-bond donors (Lipinski definition) is 2. The lowest BCUT2D eigenvalue weighted by Gasteiger charge is -2.28. The summed E-state index contributed by atoms with van der Waals surface area (Å²) in [6.07, 6.45) is -1.21. The van der Waals surface area contributed by atoms with E-state index in [4.69, 9.17) is 4.74 Å². The smallest absolute Gasteiger partial charge is 0.308 e. The number of carbonyl (C=O) groups is 3. The first-order chi connectivity index (χ1) is 12.7. The third-order valence-electron chi connectivity index (χ3n) is 4.51. The zero-order valence-electron chi connectivity index (χ0n) is 15.7. The van der Waals surface area contributed by atoms with Gasteiger partial charge in [0.25, 0.3) is 5.91 Å². The maximum Gasteiger partial charge on any atom is 0.308 e. The normalized spacial score (nSPS) is 19.1. The monoisotopic (exact) mass is 389 g/mol. The van der Waals surface area contributed by atoms with Gasteiger partial charge in [0, 0.05) is 4.90 Å². The summed E-state index contributed by atoms with van der Waals surface area (Å²) in [4.78, 5) is 37.5. The number of esters is 1. The number of hydrogen-bond acceptors (Lipinski definition) is 6. The molecule has 0 saturated carbocycles. The standard InChI is InChI=1S/C19H23N3O4S/c1-11(2)19(4,10-20)22-17(24)12(3)26-16(23)9-15-18(25)21-13-7-5-6-8-14(13)27-15/h5-8,11-12,15H,9H2,1-4H3,(H,21,25)(H,22,24). The summed E-state index contributed by atoms with van der Waals surface area (Å²) < 4.78 is 5.17. The second kappa shape index (κ2) is 8.44. The molecule has 2 amide bonds. The van der Waals surface area contributed by atoms with Gasteiger partial charge in [0.2, 0.25) is 5.91 Å². The van der Waals surface area contributed by atoms with Gasteiger partial charge >= 0.3 is 5.97 Å². The number of fused-ring (bicyclic) bond motifs is 1. The largest absolute Gasteiger partial charge is 0.453 e. The van der Waals surface area contributed by atoms with Crippen molar-refractivity contribution in [1.82, 2.24) is 5.32 Å². The van der Waals surface area contributed by atoms with Crippen LogP contribution in [0.25, 0.3) is 0 Å². The summed E-state index contributed by atoms with van der Waals surface area (Å²) in [5.74, 6) is -1.58.